The number of halogens is 3. The van der Waals surface area contributed by atoms with Crippen LogP contribution < -0.4 is 5.32 Å². The van der Waals surface area contributed by atoms with Crippen LogP contribution in [0.3, 0.4) is 0 Å². The number of carbonyl (C=O) groups excluding carboxylic acids is 1. The van der Waals surface area contributed by atoms with Crippen LogP contribution in [-0.4, -0.2) is 11.1 Å². The summed E-state index contributed by atoms with van der Waals surface area (Å²) in [6, 6.07) is 10.8. The predicted molar refractivity (Wildman–Crippen MR) is 93.7 cm³/mol. The fourth-order valence-corrected chi connectivity index (χ4v) is 3.02. The van der Waals surface area contributed by atoms with Crippen molar-refractivity contribution in [1.82, 2.24) is 5.32 Å². The average molecular weight is 367 g/mol. The van der Waals surface area contributed by atoms with Gasteiger partial charge < -0.3 is 5.32 Å². The smallest absolute Gasteiger partial charge is 0.264 e. The highest BCUT2D eigenvalue weighted by molar-refractivity contribution is 8.18. The molecule has 3 rings (SSSR count). The molecule has 0 bridgehead atoms. The van der Waals surface area contributed by atoms with Gasteiger partial charge in [0.05, 0.1) is 20.6 Å². The number of hydrogen-bond acceptors (Lipinski definition) is 3. The second kappa shape index (κ2) is 6.74. The van der Waals surface area contributed by atoms with E-state index in [2.05, 4.69) is 10.3 Å². The van der Waals surface area contributed by atoms with Crippen LogP contribution in [0.25, 0.3) is 6.08 Å². The molecule has 1 aliphatic rings. The zero-order valence-corrected chi connectivity index (χ0v) is 13.8. The van der Waals surface area contributed by atoms with E-state index >= 15 is 0 Å². The van der Waals surface area contributed by atoms with E-state index in [0.717, 1.165) is 5.56 Å². The van der Waals surface area contributed by atoms with Crippen LogP contribution in [0.5, 0.6) is 0 Å². The van der Waals surface area contributed by atoms with Gasteiger partial charge >= 0.3 is 0 Å². The van der Waals surface area contributed by atoms with Gasteiger partial charge in [0.15, 0.2) is 5.17 Å². The Balaban J connectivity index is 1.83. The molecule has 7 heteroatoms. The fourth-order valence-electron chi connectivity index (χ4n) is 1.87. The highest BCUT2D eigenvalue weighted by Crippen LogP contribution is 2.30. The summed E-state index contributed by atoms with van der Waals surface area (Å²) in [5.74, 6) is -0.584. The van der Waals surface area contributed by atoms with E-state index < -0.39 is 0 Å². The summed E-state index contributed by atoms with van der Waals surface area (Å²) in [4.78, 5) is 16.7. The van der Waals surface area contributed by atoms with Crippen molar-refractivity contribution in [2.24, 2.45) is 4.99 Å². The van der Waals surface area contributed by atoms with Crippen molar-refractivity contribution in [3.05, 3.63) is 68.8 Å². The van der Waals surface area contributed by atoms with Crippen molar-refractivity contribution in [3.63, 3.8) is 0 Å². The Morgan fingerprint density at radius 2 is 1.83 bits per heavy atom. The van der Waals surface area contributed by atoms with Gasteiger partial charge in [-0.25, -0.2) is 9.38 Å². The number of amides is 1. The molecule has 0 radical (unpaired) electrons. The highest BCUT2D eigenvalue weighted by atomic mass is 35.5. The third-order valence-electron chi connectivity index (χ3n) is 2.95. The quantitative estimate of drug-likeness (QED) is 0.757. The number of benzene rings is 2. The zero-order chi connectivity index (χ0) is 16.4. The third kappa shape index (κ3) is 3.93. The summed E-state index contributed by atoms with van der Waals surface area (Å²) in [6.07, 6.45) is 1.70. The van der Waals surface area contributed by atoms with Gasteiger partial charge in [-0.05, 0) is 59.8 Å². The molecule has 1 aliphatic heterocycles. The van der Waals surface area contributed by atoms with E-state index in [1.165, 1.54) is 36.0 Å². The van der Waals surface area contributed by atoms with Crippen LogP contribution in [0.2, 0.25) is 10.0 Å². The van der Waals surface area contributed by atoms with Crippen LogP contribution >= 0.6 is 35.0 Å². The predicted octanol–water partition coefficient (Wildman–Crippen LogP) is 5.02. The second-order valence-electron chi connectivity index (χ2n) is 4.63. The molecule has 3 nitrogen and oxygen atoms in total. The molecule has 1 heterocycles. The van der Waals surface area contributed by atoms with Crippen molar-refractivity contribution in [1.29, 1.82) is 0 Å². The van der Waals surface area contributed by atoms with Crippen LogP contribution in [0, 0.1) is 5.82 Å². The molecule has 23 heavy (non-hydrogen) atoms. The van der Waals surface area contributed by atoms with Gasteiger partial charge in [0.25, 0.3) is 5.91 Å². The van der Waals surface area contributed by atoms with Crippen LogP contribution in [0.15, 0.2) is 52.4 Å². The monoisotopic (exact) mass is 366 g/mol. The number of nitrogens with zero attached hydrogens (tertiary/aromatic N) is 1. The Morgan fingerprint density at radius 1 is 1.09 bits per heavy atom. The number of nitrogens with one attached hydrogen (secondary N) is 1. The van der Waals surface area contributed by atoms with Crippen molar-refractivity contribution in [2.45, 2.75) is 0 Å². The molecule has 2 aromatic carbocycles. The second-order valence-corrected chi connectivity index (χ2v) is 6.48. The summed E-state index contributed by atoms with van der Waals surface area (Å²) >= 11 is 13.0. The minimum absolute atomic E-state index is 0.248. The minimum atomic E-state index is -0.336. The summed E-state index contributed by atoms with van der Waals surface area (Å²) in [6.45, 7) is 0. The molecule has 116 valence electrons. The van der Waals surface area contributed by atoms with Crippen molar-refractivity contribution >= 4 is 57.8 Å². The molecule has 0 atom stereocenters. The molecular weight excluding hydrogens is 358 g/mol. The van der Waals surface area contributed by atoms with E-state index in [0.29, 0.717) is 25.8 Å². The van der Waals surface area contributed by atoms with E-state index in [9.17, 15) is 9.18 Å². The van der Waals surface area contributed by atoms with Gasteiger partial charge in [-0.2, -0.15) is 0 Å². The molecule has 1 saturated heterocycles. The maximum atomic E-state index is 12.9. The Labute approximate surface area is 146 Å². The van der Waals surface area contributed by atoms with Crippen molar-refractivity contribution in [2.75, 3.05) is 0 Å². The molecular formula is C16H9Cl2FN2OS. The molecule has 1 fully saturated rings. The highest BCUT2D eigenvalue weighted by Gasteiger charge is 2.23. The number of hydrogen-bond donors (Lipinski definition) is 1. The first kappa shape index (κ1) is 16.1. The molecule has 2 aromatic rings. The Morgan fingerprint density at radius 3 is 2.52 bits per heavy atom. The minimum Gasteiger partial charge on any atom is -0.300 e. The van der Waals surface area contributed by atoms with Crippen LogP contribution in [0.4, 0.5) is 10.1 Å². The summed E-state index contributed by atoms with van der Waals surface area (Å²) in [5.41, 5.74) is 1.32. The topological polar surface area (TPSA) is 41.5 Å². The average Bonchev–Trinajstić information content (AvgIpc) is 2.85. The Kier molecular flexibility index (Phi) is 4.71. The first-order valence-electron chi connectivity index (χ1n) is 6.51. The SMILES string of the molecule is O=C1NC(=Nc2ccc(F)cc2)S/C1=C/c1ccc(Cl)c(Cl)c1. The first-order chi connectivity index (χ1) is 11.0. The maximum Gasteiger partial charge on any atom is 0.264 e. The number of thioether (sulfide) groups is 1. The largest absolute Gasteiger partial charge is 0.300 e. The summed E-state index contributed by atoms with van der Waals surface area (Å²) in [5, 5.41) is 3.98. The summed E-state index contributed by atoms with van der Waals surface area (Å²) < 4.78 is 12.9. The van der Waals surface area contributed by atoms with Gasteiger partial charge in [0.1, 0.15) is 5.82 Å². The fraction of sp³-hybridized carbons (Fsp3) is 0. The van der Waals surface area contributed by atoms with E-state index in [-0.39, 0.29) is 11.7 Å². The molecule has 0 spiro atoms. The van der Waals surface area contributed by atoms with Crippen LogP contribution in [-0.2, 0) is 4.79 Å². The number of aliphatic imine (C=N–C) groups is 1. The van der Waals surface area contributed by atoms with Crippen LogP contribution in [0.1, 0.15) is 5.56 Å². The molecule has 0 saturated carbocycles. The molecule has 0 aliphatic carbocycles. The number of rotatable bonds is 2. The zero-order valence-electron chi connectivity index (χ0n) is 11.5. The maximum absolute atomic E-state index is 12.9. The van der Waals surface area contributed by atoms with E-state index in [4.69, 9.17) is 23.2 Å². The summed E-state index contributed by atoms with van der Waals surface area (Å²) in [7, 11) is 0. The molecule has 0 unspecified atom stereocenters. The van der Waals surface area contributed by atoms with Gasteiger partial charge in [0, 0.05) is 0 Å². The lowest BCUT2D eigenvalue weighted by molar-refractivity contribution is -0.115. The lowest BCUT2D eigenvalue weighted by Crippen LogP contribution is -2.19. The van der Waals surface area contributed by atoms with Gasteiger partial charge in [-0.3, -0.25) is 4.79 Å². The van der Waals surface area contributed by atoms with Crippen molar-refractivity contribution in [3.8, 4) is 0 Å². The van der Waals surface area contributed by atoms with Gasteiger partial charge in [-0.1, -0.05) is 29.3 Å². The van der Waals surface area contributed by atoms with E-state index in [1.54, 1.807) is 24.3 Å². The third-order valence-corrected chi connectivity index (χ3v) is 4.60. The first-order valence-corrected chi connectivity index (χ1v) is 8.09. The molecule has 0 aromatic heterocycles. The number of carbonyl (C=O) groups is 1. The normalized spacial score (nSPS) is 17.8. The Bertz CT molecular complexity index is 834. The Hall–Kier alpha value is -1.82. The molecule has 1 N–H and O–H groups in total. The van der Waals surface area contributed by atoms with Crippen molar-refractivity contribution < 1.29 is 9.18 Å². The van der Waals surface area contributed by atoms with Gasteiger partial charge in [0.2, 0.25) is 0 Å². The lowest BCUT2D eigenvalue weighted by Gasteiger charge is -1.98. The van der Waals surface area contributed by atoms with Gasteiger partial charge in [-0.15, -0.1) is 0 Å². The standard InChI is InChI=1S/C16H9Cl2FN2OS/c17-12-6-1-9(7-13(12)18)8-14-15(22)21-16(23-14)20-11-4-2-10(19)3-5-11/h1-8H,(H,20,21,22)/b14-8+. The molecule has 1 amide bonds. The lowest BCUT2D eigenvalue weighted by atomic mass is 10.2. The number of amidine groups is 1. The van der Waals surface area contributed by atoms with E-state index in [1.807, 2.05) is 0 Å².